The molecule has 3 N–H and O–H groups in total. The summed E-state index contributed by atoms with van der Waals surface area (Å²) >= 11 is 0. The Balaban J connectivity index is 0.00000363. The van der Waals surface area contributed by atoms with E-state index in [1.807, 2.05) is 43.3 Å². The summed E-state index contributed by atoms with van der Waals surface area (Å²) in [4.78, 5) is 19.0. The van der Waals surface area contributed by atoms with Crippen molar-refractivity contribution in [2.24, 2.45) is 4.99 Å². The number of aliphatic imine (C=N–C) groups is 1. The highest BCUT2D eigenvalue weighted by Gasteiger charge is 2.25. The number of hydrogen-bond donors (Lipinski definition) is 3. The summed E-state index contributed by atoms with van der Waals surface area (Å²) in [7, 11) is 1.77. The molecule has 1 aromatic carbocycles. The third-order valence-electron chi connectivity index (χ3n) is 5.81. The number of nitrogens with zero attached hydrogens (tertiary/aromatic N) is 2. The summed E-state index contributed by atoms with van der Waals surface area (Å²) in [5, 5.41) is 9.78. The Morgan fingerprint density at radius 3 is 2.47 bits per heavy atom. The van der Waals surface area contributed by atoms with E-state index in [2.05, 4.69) is 32.8 Å². The zero-order valence-electron chi connectivity index (χ0n) is 19.3. The topological polar surface area (TPSA) is 81.9 Å². The van der Waals surface area contributed by atoms with E-state index in [-0.39, 0.29) is 42.0 Å². The van der Waals surface area contributed by atoms with Crippen molar-refractivity contribution in [3.8, 4) is 0 Å². The molecule has 2 unspecified atom stereocenters. The summed E-state index contributed by atoms with van der Waals surface area (Å²) in [6.07, 6.45) is 5.11. The molecule has 0 radical (unpaired) electrons. The fourth-order valence-electron chi connectivity index (χ4n) is 3.73. The molecule has 1 aromatic heterocycles. The molecular weight excluding hydrogens is 517 g/mol. The molecule has 176 valence electrons. The van der Waals surface area contributed by atoms with Gasteiger partial charge in [-0.3, -0.25) is 14.7 Å². The molecule has 1 saturated heterocycles. The van der Waals surface area contributed by atoms with Crippen molar-refractivity contribution in [1.82, 2.24) is 20.9 Å². The largest absolute Gasteiger partial charge is 0.468 e. The molecule has 0 aliphatic carbocycles. The van der Waals surface area contributed by atoms with Gasteiger partial charge in [0.1, 0.15) is 5.76 Å². The molecule has 2 atom stereocenters. The number of guanidine groups is 1. The molecule has 1 aliphatic heterocycles. The molecule has 8 heteroatoms. The number of carbonyl (C=O) groups is 1. The lowest BCUT2D eigenvalue weighted by Gasteiger charge is -2.26. The standard InChI is InChI=1S/C24H35N5O2.HI/c1-4-18(2)28-23(30)20-11-9-19(10-12-20)16-26-24(25-3)27-17-21(22-8-7-15-31-22)29-13-5-6-14-29;/h7-12,15,18,21H,4-6,13-14,16-17H2,1-3H3,(H,28,30)(H2,25,26,27);1H. The molecule has 2 aromatic rings. The lowest BCUT2D eigenvalue weighted by molar-refractivity contribution is 0.0939. The van der Waals surface area contributed by atoms with Crippen LogP contribution in [-0.4, -0.2) is 49.5 Å². The monoisotopic (exact) mass is 553 g/mol. The number of furan rings is 1. The molecule has 1 aliphatic rings. The summed E-state index contributed by atoms with van der Waals surface area (Å²) in [6.45, 7) is 7.60. The zero-order chi connectivity index (χ0) is 22.1. The normalized spacial score (nSPS) is 16.2. The molecular formula is C24H36IN5O2. The predicted molar refractivity (Wildman–Crippen MR) is 140 cm³/mol. The van der Waals surface area contributed by atoms with Gasteiger partial charge >= 0.3 is 0 Å². The average Bonchev–Trinajstić information content (AvgIpc) is 3.51. The second kappa shape index (κ2) is 13.5. The van der Waals surface area contributed by atoms with Crippen molar-refractivity contribution in [2.45, 2.75) is 51.7 Å². The zero-order valence-corrected chi connectivity index (χ0v) is 21.6. The number of halogens is 1. The Bertz CT molecular complexity index is 833. The summed E-state index contributed by atoms with van der Waals surface area (Å²) in [5.74, 6) is 1.70. The van der Waals surface area contributed by atoms with Crippen molar-refractivity contribution >= 4 is 35.8 Å². The van der Waals surface area contributed by atoms with E-state index in [0.717, 1.165) is 43.3 Å². The first-order valence-electron chi connectivity index (χ1n) is 11.2. The maximum atomic E-state index is 12.2. The van der Waals surface area contributed by atoms with E-state index in [1.54, 1.807) is 13.3 Å². The predicted octanol–water partition coefficient (Wildman–Crippen LogP) is 3.93. The number of likely N-dealkylation sites (tertiary alicyclic amines) is 1. The third kappa shape index (κ3) is 7.51. The van der Waals surface area contributed by atoms with Crippen LogP contribution in [0.2, 0.25) is 0 Å². The first-order valence-corrected chi connectivity index (χ1v) is 11.2. The molecule has 7 nitrogen and oxygen atoms in total. The lowest BCUT2D eigenvalue weighted by atomic mass is 10.1. The SMILES string of the molecule is CCC(C)NC(=O)c1ccc(CNC(=NC)NCC(c2ccco2)N2CCCC2)cc1.I. The minimum absolute atomic E-state index is 0. The molecule has 3 rings (SSSR count). The van der Waals surface area contributed by atoms with Gasteiger partial charge in [0, 0.05) is 31.7 Å². The van der Waals surface area contributed by atoms with Gasteiger partial charge in [-0.25, -0.2) is 0 Å². The first kappa shape index (κ1) is 26.2. The fourth-order valence-corrected chi connectivity index (χ4v) is 3.73. The molecule has 0 bridgehead atoms. The first-order chi connectivity index (χ1) is 15.1. The van der Waals surface area contributed by atoms with Crippen LogP contribution in [0.25, 0.3) is 0 Å². The van der Waals surface area contributed by atoms with Gasteiger partial charge < -0.3 is 20.4 Å². The van der Waals surface area contributed by atoms with E-state index in [1.165, 1.54) is 12.8 Å². The molecule has 0 saturated carbocycles. The Labute approximate surface area is 208 Å². The van der Waals surface area contributed by atoms with Gasteiger partial charge in [-0.2, -0.15) is 0 Å². The van der Waals surface area contributed by atoms with Crippen LogP contribution >= 0.6 is 24.0 Å². The van der Waals surface area contributed by atoms with Gasteiger partial charge in [-0.1, -0.05) is 19.1 Å². The van der Waals surface area contributed by atoms with Crippen LogP contribution in [0.3, 0.4) is 0 Å². The van der Waals surface area contributed by atoms with Gasteiger partial charge in [0.25, 0.3) is 5.91 Å². The van der Waals surface area contributed by atoms with Crippen LogP contribution in [0.15, 0.2) is 52.1 Å². The maximum Gasteiger partial charge on any atom is 0.251 e. The Hall–Kier alpha value is -2.07. The van der Waals surface area contributed by atoms with Crippen molar-refractivity contribution in [3.63, 3.8) is 0 Å². The van der Waals surface area contributed by atoms with E-state index in [9.17, 15) is 4.79 Å². The van der Waals surface area contributed by atoms with Crippen LogP contribution in [0, 0.1) is 0 Å². The Morgan fingerprint density at radius 1 is 1.16 bits per heavy atom. The number of amides is 1. The fraction of sp³-hybridized carbons (Fsp3) is 0.500. The van der Waals surface area contributed by atoms with Crippen molar-refractivity contribution in [3.05, 3.63) is 59.5 Å². The summed E-state index contributed by atoms with van der Waals surface area (Å²) in [6, 6.07) is 12.0. The van der Waals surface area contributed by atoms with Gasteiger partial charge in [0.15, 0.2) is 5.96 Å². The number of nitrogens with one attached hydrogen (secondary N) is 3. The number of carbonyl (C=O) groups excluding carboxylic acids is 1. The molecule has 1 amide bonds. The highest BCUT2D eigenvalue weighted by Crippen LogP contribution is 2.24. The maximum absolute atomic E-state index is 12.2. The van der Waals surface area contributed by atoms with Crippen LogP contribution in [-0.2, 0) is 6.54 Å². The van der Waals surface area contributed by atoms with Crippen LogP contribution in [0.4, 0.5) is 0 Å². The van der Waals surface area contributed by atoms with Crippen molar-refractivity contribution < 1.29 is 9.21 Å². The van der Waals surface area contributed by atoms with Crippen LogP contribution < -0.4 is 16.0 Å². The van der Waals surface area contributed by atoms with E-state index >= 15 is 0 Å². The number of benzene rings is 1. The second-order valence-electron chi connectivity index (χ2n) is 8.06. The lowest BCUT2D eigenvalue weighted by Crippen LogP contribution is -2.42. The van der Waals surface area contributed by atoms with E-state index < -0.39 is 0 Å². The number of rotatable bonds is 9. The second-order valence-corrected chi connectivity index (χ2v) is 8.06. The minimum atomic E-state index is -0.0304. The van der Waals surface area contributed by atoms with E-state index in [0.29, 0.717) is 12.1 Å². The van der Waals surface area contributed by atoms with Crippen LogP contribution in [0.5, 0.6) is 0 Å². The molecule has 1 fully saturated rings. The highest BCUT2D eigenvalue weighted by molar-refractivity contribution is 14.0. The van der Waals surface area contributed by atoms with Crippen LogP contribution in [0.1, 0.15) is 60.8 Å². The van der Waals surface area contributed by atoms with Gasteiger partial charge in [-0.15, -0.1) is 24.0 Å². The Kier molecular flexibility index (Phi) is 11.0. The smallest absolute Gasteiger partial charge is 0.251 e. The average molecular weight is 553 g/mol. The summed E-state index contributed by atoms with van der Waals surface area (Å²) in [5.41, 5.74) is 1.77. The number of hydrogen-bond acceptors (Lipinski definition) is 4. The Morgan fingerprint density at radius 2 is 1.88 bits per heavy atom. The molecule has 0 spiro atoms. The van der Waals surface area contributed by atoms with Crippen molar-refractivity contribution in [2.75, 3.05) is 26.7 Å². The van der Waals surface area contributed by atoms with Gasteiger partial charge in [0.05, 0.1) is 12.3 Å². The third-order valence-corrected chi connectivity index (χ3v) is 5.81. The van der Waals surface area contributed by atoms with Gasteiger partial charge in [-0.05, 0) is 69.1 Å². The van der Waals surface area contributed by atoms with E-state index in [4.69, 9.17) is 4.42 Å². The van der Waals surface area contributed by atoms with Crippen molar-refractivity contribution in [1.29, 1.82) is 0 Å². The summed E-state index contributed by atoms with van der Waals surface area (Å²) < 4.78 is 5.69. The molecule has 32 heavy (non-hydrogen) atoms. The molecule has 2 heterocycles. The quantitative estimate of drug-likeness (QED) is 0.249. The highest BCUT2D eigenvalue weighted by atomic mass is 127. The minimum Gasteiger partial charge on any atom is -0.468 e. The van der Waals surface area contributed by atoms with Gasteiger partial charge in [0.2, 0.25) is 0 Å².